The SMILES string of the molecule is CCC(=O)C(=O)NC/C=C\CCCCCCCCCCCCC(=O)OC. The third kappa shape index (κ3) is 15.9. The summed E-state index contributed by atoms with van der Waals surface area (Å²) in [6.07, 6.45) is 17.9. The van der Waals surface area contributed by atoms with Gasteiger partial charge in [0, 0.05) is 19.4 Å². The van der Waals surface area contributed by atoms with E-state index in [1.165, 1.54) is 58.5 Å². The van der Waals surface area contributed by atoms with E-state index in [2.05, 4.69) is 16.1 Å². The molecule has 0 atom stereocenters. The van der Waals surface area contributed by atoms with E-state index in [4.69, 9.17) is 0 Å². The number of methoxy groups -OCH3 is 1. The lowest BCUT2D eigenvalue weighted by molar-refractivity contribution is -0.140. The van der Waals surface area contributed by atoms with E-state index in [1.807, 2.05) is 6.08 Å². The van der Waals surface area contributed by atoms with Crippen LogP contribution in [0.3, 0.4) is 0 Å². The summed E-state index contributed by atoms with van der Waals surface area (Å²) in [5, 5.41) is 2.59. The maximum atomic E-state index is 11.2. The number of carbonyl (C=O) groups excluding carboxylic acids is 3. The van der Waals surface area contributed by atoms with Crippen LogP contribution in [-0.4, -0.2) is 31.3 Å². The van der Waals surface area contributed by atoms with E-state index in [0.717, 1.165) is 19.3 Å². The standard InChI is InChI=1S/C21H37NO4/c1-3-19(23)21(25)22-18-16-14-12-10-8-6-4-5-7-9-11-13-15-17-20(24)26-2/h14,16H,3-13,15,17-18H2,1-2H3,(H,22,25)/b16-14-. The Labute approximate surface area is 158 Å². The second kappa shape index (κ2) is 18.2. The van der Waals surface area contributed by atoms with Gasteiger partial charge in [-0.15, -0.1) is 0 Å². The molecule has 0 spiro atoms. The number of hydrogen-bond acceptors (Lipinski definition) is 4. The van der Waals surface area contributed by atoms with E-state index in [9.17, 15) is 14.4 Å². The largest absolute Gasteiger partial charge is 0.469 e. The van der Waals surface area contributed by atoms with Crippen molar-refractivity contribution in [2.45, 2.75) is 90.4 Å². The quantitative estimate of drug-likeness (QED) is 0.178. The normalized spacial score (nSPS) is 10.8. The van der Waals surface area contributed by atoms with Crippen molar-refractivity contribution in [1.82, 2.24) is 5.32 Å². The molecule has 0 rings (SSSR count). The van der Waals surface area contributed by atoms with Crippen LogP contribution in [0.25, 0.3) is 0 Å². The molecule has 0 heterocycles. The molecule has 0 aliphatic rings. The lowest BCUT2D eigenvalue weighted by Crippen LogP contribution is -2.30. The maximum Gasteiger partial charge on any atom is 0.305 e. The molecule has 0 aliphatic heterocycles. The van der Waals surface area contributed by atoms with Crippen LogP contribution < -0.4 is 5.32 Å². The number of nitrogens with one attached hydrogen (secondary N) is 1. The molecule has 0 unspecified atom stereocenters. The number of hydrogen-bond donors (Lipinski definition) is 1. The topological polar surface area (TPSA) is 72.5 Å². The minimum Gasteiger partial charge on any atom is -0.469 e. The summed E-state index contributed by atoms with van der Waals surface area (Å²) in [7, 11) is 1.44. The maximum absolute atomic E-state index is 11.2. The summed E-state index contributed by atoms with van der Waals surface area (Å²) >= 11 is 0. The van der Waals surface area contributed by atoms with Gasteiger partial charge in [-0.25, -0.2) is 0 Å². The lowest BCUT2D eigenvalue weighted by atomic mass is 10.1. The van der Waals surface area contributed by atoms with Crippen molar-refractivity contribution in [3.8, 4) is 0 Å². The Morgan fingerprint density at radius 1 is 0.808 bits per heavy atom. The van der Waals surface area contributed by atoms with Crippen molar-refractivity contribution in [3.05, 3.63) is 12.2 Å². The van der Waals surface area contributed by atoms with Crippen LogP contribution in [0.2, 0.25) is 0 Å². The number of ether oxygens (including phenoxy) is 1. The molecule has 5 heteroatoms. The third-order valence-corrected chi connectivity index (χ3v) is 4.35. The molecule has 0 aromatic rings. The Hall–Kier alpha value is -1.65. The highest BCUT2D eigenvalue weighted by molar-refractivity contribution is 6.36. The molecule has 0 aliphatic carbocycles. The minimum absolute atomic E-state index is 0.101. The molecule has 0 fully saturated rings. The van der Waals surface area contributed by atoms with Gasteiger partial charge in [-0.2, -0.15) is 0 Å². The third-order valence-electron chi connectivity index (χ3n) is 4.35. The van der Waals surface area contributed by atoms with Gasteiger partial charge in [0.15, 0.2) is 0 Å². The van der Waals surface area contributed by atoms with E-state index in [1.54, 1.807) is 6.92 Å². The monoisotopic (exact) mass is 367 g/mol. The number of amides is 1. The summed E-state index contributed by atoms with van der Waals surface area (Å²) in [6, 6.07) is 0. The van der Waals surface area contributed by atoms with Crippen LogP contribution in [0.4, 0.5) is 0 Å². The van der Waals surface area contributed by atoms with E-state index in [0.29, 0.717) is 13.0 Å². The molecule has 0 saturated heterocycles. The smallest absolute Gasteiger partial charge is 0.305 e. The summed E-state index contributed by atoms with van der Waals surface area (Å²) in [5.74, 6) is -0.948. The summed E-state index contributed by atoms with van der Waals surface area (Å²) in [6.45, 7) is 2.12. The highest BCUT2D eigenvalue weighted by atomic mass is 16.5. The average molecular weight is 368 g/mol. The number of allylic oxidation sites excluding steroid dienone is 1. The van der Waals surface area contributed by atoms with Gasteiger partial charge in [0.25, 0.3) is 5.91 Å². The fourth-order valence-corrected chi connectivity index (χ4v) is 2.66. The number of carbonyl (C=O) groups is 3. The summed E-state index contributed by atoms with van der Waals surface area (Å²) in [5.41, 5.74) is 0. The molecule has 26 heavy (non-hydrogen) atoms. The van der Waals surface area contributed by atoms with E-state index in [-0.39, 0.29) is 18.2 Å². The molecule has 0 aromatic carbocycles. The second-order valence-electron chi connectivity index (χ2n) is 6.61. The Bertz CT molecular complexity index is 418. The van der Waals surface area contributed by atoms with Gasteiger partial charge in [-0.3, -0.25) is 14.4 Å². The average Bonchev–Trinajstić information content (AvgIpc) is 2.66. The van der Waals surface area contributed by atoms with E-state index < -0.39 is 5.91 Å². The molecular formula is C21H37NO4. The first-order valence-electron chi connectivity index (χ1n) is 10.1. The van der Waals surface area contributed by atoms with Gasteiger partial charge in [0.2, 0.25) is 5.78 Å². The highest BCUT2D eigenvalue weighted by Crippen LogP contribution is 2.12. The first-order chi connectivity index (χ1) is 12.6. The zero-order valence-electron chi connectivity index (χ0n) is 16.7. The van der Waals surface area contributed by atoms with Crippen LogP contribution in [0.15, 0.2) is 12.2 Å². The number of ketones is 1. The predicted octanol–water partition coefficient (Wildman–Crippen LogP) is 4.49. The number of esters is 1. The van der Waals surface area contributed by atoms with Gasteiger partial charge >= 0.3 is 5.97 Å². The Balaban J connectivity index is 3.24. The van der Waals surface area contributed by atoms with Crippen molar-refractivity contribution in [3.63, 3.8) is 0 Å². The zero-order valence-corrected chi connectivity index (χ0v) is 16.7. The first kappa shape index (κ1) is 24.4. The fourth-order valence-electron chi connectivity index (χ4n) is 2.66. The van der Waals surface area contributed by atoms with Gasteiger partial charge in [0.1, 0.15) is 0 Å². The molecule has 1 N–H and O–H groups in total. The first-order valence-corrected chi connectivity index (χ1v) is 10.1. The molecule has 1 amide bonds. The Morgan fingerprint density at radius 2 is 1.35 bits per heavy atom. The Kier molecular flexibility index (Phi) is 17.0. The summed E-state index contributed by atoms with van der Waals surface area (Å²) < 4.78 is 4.62. The van der Waals surface area contributed by atoms with E-state index >= 15 is 0 Å². The minimum atomic E-state index is -0.486. The molecular weight excluding hydrogens is 330 g/mol. The molecule has 0 bridgehead atoms. The lowest BCUT2D eigenvalue weighted by Gasteiger charge is -2.02. The molecule has 0 saturated carbocycles. The van der Waals surface area contributed by atoms with Gasteiger partial charge in [0.05, 0.1) is 7.11 Å². The molecule has 150 valence electrons. The van der Waals surface area contributed by atoms with Gasteiger partial charge in [-0.1, -0.05) is 70.4 Å². The highest BCUT2D eigenvalue weighted by Gasteiger charge is 2.08. The number of unbranched alkanes of at least 4 members (excludes halogenated alkanes) is 10. The zero-order chi connectivity index (χ0) is 19.5. The van der Waals surface area contributed by atoms with Crippen molar-refractivity contribution in [2.24, 2.45) is 0 Å². The van der Waals surface area contributed by atoms with Crippen LogP contribution in [-0.2, 0) is 19.1 Å². The second-order valence-corrected chi connectivity index (χ2v) is 6.61. The molecule has 0 radical (unpaired) electrons. The fraction of sp³-hybridized carbons (Fsp3) is 0.762. The van der Waals surface area contributed by atoms with Crippen molar-refractivity contribution < 1.29 is 19.1 Å². The molecule has 0 aromatic heterocycles. The van der Waals surface area contributed by atoms with Crippen molar-refractivity contribution in [2.75, 3.05) is 13.7 Å². The summed E-state index contributed by atoms with van der Waals surface area (Å²) in [4.78, 5) is 33.3. The van der Waals surface area contributed by atoms with Crippen LogP contribution >= 0.6 is 0 Å². The van der Waals surface area contributed by atoms with Gasteiger partial charge < -0.3 is 10.1 Å². The van der Waals surface area contributed by atoms with Crippen LogP contribution in [0, 0.1) is 0 Å². The van der Waals surface area contributed by atoms with Crippen molar-refractivity contribution in [1.29, 1.82) is 0 Å². The molecule has 5 nitrogen and oxygen atoms in total. The Morgan fingerprint density at radius 3 is 1.88 bits per heavy atom. The number of Topliss-reactive ketones (excluding diaryl/α,β-unsaturated/α-hetero) is 1. The predicted molar refractivity (Wildman–Crippen MR) is 105 cm³/mol. The van der Waals surface area contributed by atoms with Crippen molar-refractivity contribution >= 4 is 17.7 Å². The van der Waals surface area contributed by atoms with Crippen LogP contribution in [0.1, 0.15) is 90.4 Å². The van der Waals surface area contributed by atoms with Crippen LogP contribution in [0.5, 0.6) is 0 Å². The van der Waals surface area contributed by atoms with Gasteiger partial charge in [-0.05, 0) is 19.3 Å². The number of rotatable bonds is 17.